The van der Waals surface area contributed by atoms with Crippen LogP contribution in [0.3, 0.4) is 0 Å². The van der Waals surface area contributed by atoms with Crippen LogP contribution < -0.4 is 0 Å². The van der Waals surface area contributed by atoms with E-state index in [1.54, 1.807) is 0 Å². The Morgan fingerprint density at radius 3 is 1.14 bits per heavy atom. The van der Waals surface area contributed by atoms with Gasteiger partial charge in [-0.2, -0.15) is 0 Å². The molecule has 0 unspecified atom stereocenters. The molecular weight excluding hydrogens is 362 g/mol. The Bertz CT molecular complexity index is 405. The highest BCUT2D eigenvalue weighted by Gasteiger charge is 2.44. The van der Waals surface area contributed by atoms with E-state index in [1.165, 1.54) is 96.3 Å². The molecule has 0 aromatic carbocycles. The summed E-state index contributed by atoms with van der Waals surface area (Å²) in [6.07, 6.45) is 23.4. The molecule has 0 spiro atoms. The first kappa shape index (κ1) is 22.7. The van der Waals surface area contributed by atoms with E-state index in [1.807, 2.05) is 0 Å². The molecule has 0 aromatic heterocycles. The first-order valence-corrected chi connectivity index (χ1v) is 13.9. The van der Waals surface area contributed by atoms with Crippen molar-refractivity contribution in [3.63, 3.8) is 0 Å². The molecule has 0 amide bonds. The quantitative estimate of drug-likeness (QED) is 0.423. The second-order valence-corrected chi connectivity index (χ2v) is 12.9. The summed E-state index contributed by atoms with van der Waals surface area (Å²) in [6.45, 7) is 4.27. The first-order chi connectivity index (χ1) is 13.6. The largest absolute Gasteiger partial charge is 0.244 e. The van der Waals surface area contributed by atoms with E-state index in [0.717, 1.165) is 23.9 Å². The van der Waals surface area contributed by atoms with Gasteiger partial charge in [-0.05, 0) is 59.7 Å². The fourth-order valence-corrected chi connectivity index (χ4v) is 10.5. The van der Waals surface area contributed by atoms with Gasteiger partial charge in [0.2, 0.25) is 0 Å². The van der Waals surface area contributed by atoms with Gasteiger partial charge in [-0.3, -0.25) is 0 Å². The fraction of sp³-hybridized carbons (Fsp3) is 0.917. The zero-order valence-corrected chi connectivity index (χ0v) is 19.9. The minimum absolute atomic E-state index is 0.751. The van der Waals surface area contributed by atoms with E-state index in [0.29, 0.717) is 0 Å². The predicted molar refractivity (Wildman–Crippen MR) is 127 cm³/mol. The molecule has 0 heterocycles. The lowest BCUT2D eigenvalue weighted by atomic mass is 9.96. The molecular formula is C24H47N3S. The summed E-state index contributed by atoms with van der Waals surface area (Å²) in [5.74, 6) is 1.13. The third kappa shape index (κ3) is 4.82. The third-order valence-corrected chi connectivity index (χ3v) is 12.3. The number of rotatable bonds is 8. The highest BCUT2D eigenvalue weighted by atomic mass is 32.3. The molecule has 3 aliphatic carbocycles. The van der Waals surface area contributed by atoms with Gasteiger partial charge in [0, 0.05) is 23.9 Å². The molecule has 0 saturated heterocycles. The Kier molecular flexibility index (Phi) is 8.77. The SMILES string of the molecule is C=CCS(N(C)C1CCCCC1)(N(C)C1CCCCC1)N(C)C1CCCCC1. The molecule has 3 nitrogen and oxygen atoms in total. The molecule has 0 aliphatic heterocycles. The monoisotopic (exact) mass is 409 g/mol. The molecule has 0 bridgehead atoms. The van der Waals surface area contributed by atoms with Crippen molar-refractivity contribution < 1.29 is 0 Å². The van der Waals surface area contributed by atoms with Gasteiger partial charge in [0.05, 0.1) is 0 Å². The zero-order valence-electron chi connectivity index (χ0n) is 19.1. The van der Waals surface area contributed by atoms with Gasteiger partial charge in [0.25, 0.3) is 0 Å². The maximum absolute atomic E-state index is 4.27. The minimum Gasteiger partial charge on any atom is -0.244 e. The van der Waals surface area contributed by atoms with E-state index >= 15 is 0 Å². The van der Waals surface area contributed by atoms with Crippen LogP contribution in [0.4, 0.5) is 0 Å². The van der Waals surface area contributed by atoms with Gasteiger partial charge in [0.15, 0.2) is 0 Å². The van der Waals surface area contributed by atoms with Gasteiger partial charge in [-0.1, -0.05) is 74.4 Å². The molecule has 4 heteroatoms. The van der Waals surface area contributed by atoms with E-state index in [2.05, 4.69) is 46.7 Å². The summed E-state index contributed by atoms with van der Waals surface area (Å²) >= 11 is 0. The highest BCUT2D eigenvalue weighted by molar-refractivity contribution is 8.28. The van der Waals surface area contributed by atoms with Crippen molar-refractivity contribution in [2.75, 3.05) is 26.9 Å². The lowest BCUT2D eigenvalue weighted by molar-refractivity contribution is 0.215. The fourth-order valence-electron chi connectivity index (χ4n) is 6.17. The molecule has 3 fully saturated rings. The van der Waals surface area contributed by atoms with Crippen molar-refractivity contribution in [3.05, 3.63) is 12.7 Å². The van der Waals surface area contributed by atoms with Gasteiger partial charge in [-0.15, -0.1) is 6.58 Å². The van der Waals surface area contributed by atoms with Crippen LogP contribution in [0.1, 0.15) is 96.3 Å². The second-order valence-electron chi connectivity index (χ2n) is 9.60. The first-order valence-electron chi connectivity index (χ1n) is 12.2. The molecule has 28 heavy (non-hydrogen) atoms. The molecule has 0 aromatic rings. The summed E-state index contributed by atoms with van der Waals surface area (Å²) in [4.78, 5) is 0. The van der Waals surface area contributed by atoms with Crippen molar-refractivity contribution in [1.29, 1.82) is 0 Å². The van der Waals surface area contributed by atoms with E-state index in [9.17, 15) is 0 Å². The molecule has 0 atom stereocenters. The topological polar surface area (TPSA) is 9.72 Å². The highest BCUT2D eigenvalue weighted by Crippen LogP contribution is 2.61. The van der Waals surface area contributed by atoms with Crippen LogP contribution in [0, 0.1) is 0 Å². The predicted octanol–water partition coefficient (Wildman–Crippen LogP) is 6.52. The second kappa shape index (κ2) is 10.8. The molecule has 3 aliphatic rings. The Hall–Kier alpha value is -0.0300. The van der Waals surface area contributed by atoms with Gasteiger partial charge >= 0.3 is 0 Å². The summed E-state index contributed by atoms with van der Waals surface area (Å²) in [7, 11) is 6.24. The Morgan fingerprint density at radius 1 is 0.607 bits per heavy atom. The summed E-state index contributed by atoms with van der Waals surface area (Å²) in [6, 6.07) is 2.25. The van der Waals surface area contributed by atoms with Crippen LogP contribution in [0.25, 0.3) is 0 Å². The summed E-state index contributed by atoms with van der Waals surface area (Å²) < 4.78 is 8.66. The van der Waals surface area contributed by atoms with Gasteiger partial charge in [0.1, 0.15) is 0 Å². The molecule has 0 radical (unpaired) electrons. The van der Waals surface area contributed by atoms with Crippen molar-refractivity contribution in [2.45, 2.75) is 114 Å². The number of hydrogen-bond acceptors (Lipinski definition) is 3. The van der Waals surface area contributed by atoms with Crippen molar-refractivity contribution in [2.24, 2.45) is 0 Å². The van der Waals surface area contributed by atoms with Crippen LogP contribution in [-0.2, 0) is 0 Å². The van der Waals surface area contributed by atoms with Crippen LogP contribution in [-0.4, -0.2) is 57.9 Å². The summed E-state index contributed by atoms with van der Waals surface area (Å²) in [5.41, 5.74) is 0. The minimum atomic E-state index is -1.20. The van der Waals surface area contributed by atoms with Crippen LogP contribution in [0.2, 0.25) is 0 Å². The van der Waals surface area contributed by atoms with Crippen LogP contribution >= 0.6 is 10.6 Å². The average molecular weight is 410 g/mol. The molecule has 164 valence electrons. The summed E-state index contributed by atoms with van der Waals surface area (Å²) in [5, 5.41) is 0. The Morgan fingerprint density at radius 2 is 0.893 bits per heavy atom. The lowest BCUT2D eigenvalue weighted by Crippen LogP contribution is -2.55. The third-order valence-electron chi connectivity index (χ3n) is 7.99. The van der Waals surface area contributed by atoms with Crippen molar-refractivity contribution in [1.82, 2.24) is 12.9 Å². The molecule has 0 N–H and O–H groups in total. The maximum atomic E-state index is 4.27. The molecule has 3 rings (SSSR count). The normalized spacial score (nSPS) is 24.9. The zero-order chi connectivity index (χ0) is 20.0. The lowest BCUT2D eigenvalue weighted by Gasteiger charge is -2.63. The van der Waals surface area contributed by atoms with Gasteiger partial charge in [-0.25, -0.2) is 12.9 Å². The van der Waals surface area contributed by atoms with E-state index in [4.69, 9.17) is 0 Å². The van der Waals surface area contributed by atoms with Crippen molar-refractivity contribution >= 4 is 10.6 Å². The maximum Gasteiger partial charge on any atom is 0.0327 e. The Labute approximate surface area is 177 Å². The van der Waals surface area contributed by atoms with E-state index < -0.39 is 10.6 Å². The smallest absolute Gasteiger partial charge is 0.0327 e. The van der Waals surface area contributed by atoms with Gasteiger partial charge < -0.3 is 0 Å². The Balaban J connectivity index is 1.93. The van der Waals surface area contributed by atoms with Crippen LogP contribution in [0.15, 0.2) is 12.7 Å². The molecule has 3 saturated carbocycles. The average Bonchev–Trinajstić information content (AvgIpc) is 2.78. The number of hydrogen-bond donors (Lipinski definition) is 0. The van der Waals surface area contributed by atoms with E-state index in [-0.39, 0.29) is 0 Å². The van der Waals surface area contributed by atoms with Crippen molar-refractivity contribution in [3.8, 4) is 0 Å². The van der Waals surface area contributed by atoms with Crippen LogP contribution in [0.5, 0.6) is 0 Å². The standard InChI is InChI=1S/C24H47N3S/c1-5-21-28(25(2)22-15-9-6-10-16-22,26(3)23-17-11-7-12-18-23)27(4)24-19-13-8-14-20-24/h5,22-24H,1,6-21H2,2-4H3. The number of nitrogens with zero attached hydrogens (tertiary/aromatic N) is 3.